The number of ether oxygens (including phenoxy) is 1. The van der Waals surface area contributed by atoms with E-state index in [9.17, 15) is 4.79 Å². The van der Waals surface area contributed by atoms with Crippen LogP contribution >= 0.6 is 0 Å². The lowest BCUT2D eigenvalue weighted by atomic mass is 9.93. The number of amides is 1. The van der Waals surface area contributed by atoms with Gasteiger partial charge in [-0.1, -0.05) is 49.6 Å². The minimum Gasteiger partial charge on any atom is -0.378 e. The summed E-state index contributed by atoms with van der Waals surface area (Å²) in [5.41, 5.74) is 1.22. The van der Waals surface area contributed by atoms with Crippen LogP contribution in [0.3, 0.4) is 0 Å². The second-order valence-electron chi connectivity index (χ2n) is 6.73. The van der Waals surface area contributed by atoms with Crippen molar-refractivity contribution in [3.8, 4) is 0 Å². The van der Waals surface area contributed by atoms with Crippen LogP contribution < -0.4 is 5.32 Å². The maximum atomic E-state index is 12.9. The first kappa shape index (κ1) is 16.5. The van der Waals surface area contributed by atoms with Gasteiger partial charge in [-0.3, -0.25) is 4.79 Å². The monoisotopic (exact) mass is 316 g/mol. The van der Waals surface area contributed by atoms with Crippen molar-refractivity contribution in [2.45, 2.75) is 57.2 Å². The van der Waals surface area contributed by atoms with Crippen LogP contribution in [0.25, 0.3) is 0 Å². The Morgan fingerprint density at radius 1 is 1.17 bits per heavy atom. The molecule has 1 heterocycles. The molecule has 1 N–H and O–H groups in total. The fourth-order valence-corrected chi connectivity index (χ4v) is 3.67. The number of morpholine rings is 1. The van der Waals surface area contributed by atoms with Crippen LogP contribution in [0.15, 0.2) is 30.3 Å². The van der Waals surface area contributed by atoms with Crippen LogP contribution in [0.1, 0.15) is 44.1 Å². The zero-order valence-electron chi connectivity index (χ0n) is 13.9. The van der Waals surface area contributed by atoms with Crippen molar-refractivity contribution in [3.05, 3.63) is 35.9 Å². The Kier molecular flexibility index (Phi) is 6.06. The van der Waals surface area contributed by atoms with Crippen molar-refractivity contribution >= 4 is 5.91 Å². The Morgan fingerprint density at radius 2 is 1.96 bits per heavy atom. The van der Waals surface area contributed by atoms with Crippen LogP contribution in [-0.4, -0.2) is 42.6 Å². The molecule has 126 valence electrons. The van der Waals surface area contributed by atoms with Gasteiger partial charge in [-0.05, 0) is 18.4 Å². The zero-order valence-corrected chi connectivity index (χ0v) is 13.9. The molecule has 3 rings (SSSR count). The van der Waals surface area contributed by atoms with Crippen molar-refractivity contribution in [2.75, 3.05) is 19.8 Å². The van der Waals surface area contributed by atoms with Gasteiger partial charge in [-0.2, -0.15) is 0 Å². The minimum absolute atomic E-state index is 0.165. The highest BCUT2D eigenvalue weighted by atomic mass is 16.5. The quantitative estimate of drug-likeness (QED) is 0.908. The first-order valence-electron chi connectivity index (χ1n) is 8.97. The molecule has 1 atom stereocenters. The number of carbonyl (C=O) groups is 1. The highest BCUT2D eigenvalue weighted by molar-refractivity contribution is 5.77. The molecule has 1 unspecified atom stereocenters. The first-order valence-corrected chi connectivity index (χ1v) is 8.97. The van der Waals surface area contributed by atoms with Crippen molar-refractivity contribution < 1.29 is 9.53 Å². The van der Waals surface area contributed by atoms with E-state index in [1.807, 2.05) is 6.07 Å². The van der Waals surface area contributed by atoms with E-state index in [-0.39, 0.29) is 11.9 Å². The summed E-state index contributed by atoms with van der Waals surface area (Å²) in [5.74, 6) is 0.267. The lowest BCUT2D eigenvalue weighted by Gasteiger charge is -2.36. The van der Waals surface area contributed by atoms with E-state index in [1.54, 1.807) is 0 Å². The summed E-state index contributed by atoms with van der Waals surface area (Å²) in [6, 6.07) is 10.9. The van der Waals surface area contributed by atoms with Gasteiger partial charge in [-0.15, -0.1) is 0 Å². The smallest absolute Gasteiger partial charge is 0.224 e. The summed E-state index contributed by atoms with van der Waals surface area (Å²) < 4.78 is 5.49. The lowest BCUT2D eigenvalue weighted by Crippen LogP contribution is -2.47. The van der Waals surface area contributed by atoms with Gasteiger partial charge in [-0.25, -0.2) is 0 Å². The predicted molar refractivity (Wildman–Crippen MR) is 91.1 cm³/mol. The molecule has 0 radical (unpaired) electrons. The normalized spacial score (nSPS) is 22.7. The van der Waals surface area contributed by atoms with E-state index in [2.05, 4.69) is 34.5 Å². The van der Waals surface area contributed by atoms with E-state index in [0.717, 1.165) is 32.5 Å². The average Bonchev–Trinajstić information content (AvgIpc) is 2.62. The highest BCUT2D eigenvalue weighted by Gasteiger charge is 2.27. The third kappa shape index (κ3) is 4.79. The minimum atomic E-state index is 0.165. The molecular weight excluding hydrogens is 288 g/mol. The maximum absolute atomic E-state index is 12.9. The maximum Gasteiger partial charge on any atom is 0.224 e. The van der Waals surface area contributed by atoms with Crippen molar-refractivity contribution in [1.29, 1.82) is 0 Å². The van der Waals surface area contributed by atoms with Gasteiger partial charge in [0.05, 0.1) is 13.2 Å². The molecule has 1 aromatic carbocycles. The Hall–Kier alpha value is -1.39. The summed E-state index contributed by atoms with van der Waals surface area (Å²) >= 11 is 0. The van der Waals surface area contributed by atoms with Gasteiger partial charge < -0.3 is 15.0 Å². The third-order valence-electron chi connectivity index (χ3n) is 4.95. The average molecular weight is 316 g/mol. The molecule has 1 aliphatic carbocycles. The van der Waals surface area contributed by atoms with Crippen molar-refractivity contribution in [3.63, 3.8) is 0 Å². The molecule has 1 saturated heterocycles. The first-order chi connectivity index (χ1) is 11.3. The van der Waals surface area contributed by atoms with Gasteiger partial charge in [0.25, 0.3) is 0 Å². The topological polar surface area (TPSA) is 41.6 Å². The third-order valence-corrected chi connectivity index (χ3v) is 4.95. The largest absolute Gasteiger partial charge is 0.378 e. The van der Waals surface area contributed by atoms with Crippen LogP contribution in [-0.2, 0) is 16.1 Å². The molecule has 0 bridgehead atoms. The van der Waals surface area contributed by atoms with Gasteiger partial charge in [0.2, 0.25) is 5.91 Å². The molecule has 2 aliphatic rings. The number of benzene rings is 1. The molecule has 23 heavy (non-hydrogen) atoms. The van der Waals surface area contributed by atoms with E-state index in [1.165, 1.54) is 24.8 Å². The van der Waals surface area contributed by atoms with Crippen LogP contribution in [0.2, 0.25) is 0 Å². The van der Waals surface area contributed by atoms with E-state index < -0.39 is 0 Å². The van der Waals surface area contributed by atoms with Crippen LogP contribution in [0, 0.1) is 0 Å². The number of hydrogen-bond acceptors (Lipinski definition) is 3. The second-order valence-corrected chi connectivity index (χ2v) is 6.73. The SMILES string of the molecule is O=C(CC1COCCN1)N(Cc1ccccc1)C1CCCCC1. The Labute approximate surface area is 139 Å². The van der Waals surface area contributed by atoms with Crippen molar-refractivity contribution in [2.24, 2.45) is 0 Å². The number of carbonyl (C=O) groups excluding carboxylic acids is 1. The van der Waals surface area contributed by atoms with Crippen molar-refractivity contribution in [1.82, 2.24) is 10.2 Å². The molecule has 1 aromatic rings. The molecule has 4 nitrogen and oxygen atoms in total. The Morgan fingerprint density at radius 3 is 2.65 bits per heavy atom. The van der Waals surface area contributed by atoms with Gasteiger partial charge in [0.1, 0.15) is 0 Å². The number of nitrogens with zero attached hydrogens (tertiary/aromatic N) is 1. The molecule has 2 fully saturated rings. The molecular formula is C19H28N2O2. The predicted octanol–water partition coefficient (Wildman–Crippen LogP) is 2.73. The molecule has 4 heteroatoms. The van der Waals surface area contributed by atoms with E-state index >= 15 is 0 Å². The molecule has 1 amide bonds. The lowest BCUT2D eigenvalue weighted by molar-refractivity contribution is -0.136. The number of nitrogens with one attached hydrogen (secondary N) is 1. The van der Waals surface area contributed by atoms with Crippen LogP contribution in [0.5, 0.6) is 0 Å². The Bertz CT molecular complexity index is 479. The van der Waals surface area contributed by atoms with Gasteiger partial charge in [0.15, 0.2) is 0 Å². The standard InChI is InChI=1S/C19H28N2O2/c22-19(13-17-15-23-12-11-20-17)21(18-9-5-2-6-10-18)14-16-7-3-1-4-8-16/h1,3-4,7-8,17-18,20H,2,5-6,9-15H2. The molecule has 0 spiro atoms. The summed E-state index contributed by atoms with van der Waals surface area (Å²) in [4.78, 5) is 15.1. The molecule has 1 aliphatic heterocycles. The Balaban J connectivity index is 1.66. The number of rotatable bonds is 5. The highest BCUT2D eigenvalue weighted by Crippen LogP contribution is 2.25. The van der Waals surface area contributed by atoms with Crippen LogP contribution in [0.4, 0.5) is 0 Å². The summed E-state index contributed by atoms with van der Waals surface area (Å²) in [6.45, 7) is 2.98. The van der Waals surface area contributed by atoms with E-state index in [4.69, 9.17) is 4.74 Å². The zero-order chi connectivity index (χ0) is 15.9. The summed E-state index contributed by atoms with van der Waals surface area (Å²) in [6.07, 6.45) is 6.63. The summed E-state index contributed by atoms with van der Waals surface area (Å²) in [5, 5.41) is 3.40. The molecule has 1 saturated carbocycles. The fourth-order valence-electron chi connectivity index (χ4n) is 3.67. The van der Waals surface area contributed by atoms with Gasteiger partial charge >= 0.3 is 0 Å². The van der Waals surface area contributed by atoms with E-state index in [0.29, 0.717) is 19.1 Å². The number of hydrogen-bond donors (Lipinski definition) is 1. The second kappa shape index (κ2) is 8.46. The summed E-state index contributed by atoms with van der Waals surface area (Å²) in [7, 11) is 0. The fraction of sp³-hybridized carbons (Fsp3) is 0.632. The molecule has 0 aromatic heterocycles. The van der Waals surface area contributed by atoms with Gasteiger partial charge in [0, 0.05) is 31.6 Å².